The summed E-state index contributed by atoms with van der Waals surface area (Å²) >= 11 is 0. The lowest BCUT2D eigenvalue weighted by Crippen LogP contribution is -2.15. The van der Waals surface area contributed by atoms with E-state index in [1.807, 2.05) is 13.8 Å². The van der Waals surface area contributed by atoms with Crippen molar-refractivity contribution in [1.29, 1.82) is 0 Å². The third-order valence-electron chi connectivity index (χ3n) is 3.41. The molecule has 0 bridgehead atoms. The molecular weight excluding hydrogens is 368 g/mol. The summed E-state index contributed by atoms with van der Waals surface area (Å²) in [5, 5.41) is 0. The van der Waals surface area contributed by atoms with E-state index in [0.717, 1.165) is 0 Å². The van der Waals surface area contributed by atoms with Crippen LogP contribution in [0.5, 0.6) is 0 Å². The van der Waals surface area contributed by atoms with E-state index in [4.69, 9.17) is 28.4 Å². The summed E-state index contributed by atoms with van der Waals surface area (Å²) in [6, 6.07) is 6.19. The minimum absolute atomic E-state index is 0.124. The SMILES string of the molecule is CCOCCOCCOC(=O)c1cccc(C(=O)OCCOCCOCC)c1. The number of hydrogen-bond acceptors (Lipinski definition) is 8. The van der Waals surface area contributed by atoms with Crippen LogP contribution in [-0.4, -0.2) is 78.0 Å². The minimum Gasteiger partial charge on any atom is -0.460 e. The van der Waals surface area contributed by atoms with Crippen LogP contribution in [-0.2, 0) is 28.4 Å². The van der Waals surface area contributed by atoms with Crippen molar-refractivity contribution >= 4 is 11.9 Å². The van der Waals surface area contributed by atoms with E-state index in [-0.39, 0.29) is 37.6 Å². The number of carbonyl (C=O) groups excluding carboxylic acids is 2. The Morgan fingerprint density at radius 3 is 1.46 bits per heavy atom. The lowest BCUT2D eigenvalue weighted by atomic mass is 10.1. The number of rotatable bonds is 16. The predicted molar refractivity (Wildman–Crippen MR) is 102 cm³/mol. The summed E-state index contributed by atoms with van der Waals surface area (Å²) in [6.07, 6.45) is 0. The standard InChI is InChI=1S/C20H30O8/c1-3-23-8-10-25-12-14-27-19(21)17-6-5-7-18(16-17)20(22)28-15-13-26-11-9-24-4-2/h5-7,16H,3-4,8-15H2,1-2H3. The third kappa shape index (κ3) is 11.0. The van der Waals surface area contributed by atoms with Gasteiger partial charge in [-0.15, -0.1) is 0 Å². The minimum atomic E-state index is -0.526. The summed E-state index contributed by atoms with van der Waals surface area (Å²) in [5.41, 5.74) is 0.550. The van der Waals surface area contributed by atoms with E-state index in [0.29, 0.717) is 39.6 Å². The van der Waals surface area contributed by atoms with E-state index in [1.165, 1.54) is 6.07 Å². The van der Waals surface area contributed by atoms with Crippen molar-refractivity contribution in [2.24, 2.45) is 0 Å². The maximum absolute atomic E-state index is 12.1. The first kappa shape index (κ1) is 24.0. The van der Waals surface area contributed by atoms with Crippen LogP contribution in [0.1, 0.15) is 34.6 Å². The molecule has 1 rings (SSSR count). The van der Waals surface area contributed by atoms with Crippen LogP contribution in [0.3, 0.4) is 0 Å². The molecule has 0 atom stereocenters. The second-order valence-electron chi connectivity index (χ2n) is 5.47. The smallest absolute Gasteiger partial charge is 0.338 e. The quantitative estimate of drug-likeness (QED) is 0.309. The Morgan fingerprint density at radius 1 is 0.643 bits per heavy atom. The van der Waals surface area contributed by atoms with Gasteiger partial charge in [0.15, 0.2) is 0 Å². The average Bonchev–Trinajstić information content (AvgIpc) is 2.72. The van der Waals surface area contributed by atoms with Gasteiger partial charge < -0.3 is 28.4 Å². The van der Waals surface area contributed by atoms with Gasteiger partial charge in [-0.25, -0.2) is 9.59 Å². The van der Waals surface area contributed by atoms with Crippen molar-refractivity contribution in [1.82, 2.24) is 0 Å². The highest BCUT2D eigenvalue weighted by molar-refractivity contribution is 5.95. The topological polar surface area (TPSA) is 89.5 Å². The number of hydrogen-bond donors (Lipinski definition) is 0. The van der Waals surface area contributed by atoms with Gasteiger partial charge in [0.25, 0.3) is 0 Å². The lowest BCUT2D eigenvalue weighted by molar-refractivity contribution is 0.0162. The zero-order valence-corrected chi connectivity index (χ0v) is 16.6. The van der Waals surface area contributed by atoms with Crippen molar-refractivity contribution < 1.29 is 38.0 Å². The van der Waals surface area contributed by atoms with E-state index < -0.39 is 11.9 Å². The van der Waals surface area contributed by atoms with E-state index in [1.54, 1.807) is 18.2 Å². The molecule has 0 saturated heterocycles. The van der Waals surface area contributed by atoms with Crippen LogP contribution in [0.4, 0.5) is 0 Å². The highest BCUT2D eigenvalue weighted by Crippen LogP contribution is 2.08. The van der Waals surface area contributed by atoms with Gasteiger partial charge in [0, 0.05) is 13.2 Å². The number of carbonyl (C=O) groups is 2. The fraction of sp³-hybridized carbons (Fsp3) is 0.600. The first-order valence-corrected chi connectivity index (χ1v) is 9.44. The molecule has 0 amide bonds. The molecule has 1 aromatic carbocycles. The molecule has 8 nitrogen and oxygen atoms in total. The summed E-state index contributed by atoms with van der Waals surface area (Å²) < 4.78 is 31.1. The Bertz CT molecular complexity index is 516. The summed E-state index contributed by atoms with van der Waals surface area (Å²) in [4.78, 5) is 24.1. The number of benzene rings is 1. The van der Waals surface area contributed by atoms with Crippen LogP contribution >= 0.6 is 0 Å². The normalized spacial score (nSPS) is 10.6. The molecule has 0 aliphatic heterocycles. The van der Waals surface area contributed by atoms with Gasteiger partial charge in [-0.2, -0.15) is 0 Å². The molecule has 8 heteroatoms. The van der Waals surface area contributed by atoms with Gasteiger partial charge in [0.1, 0.15) is 13.2 Å². The first-order valence-electron chi connectivity index (χ1n) is 9.44. The molecule has 0 heterocycles. The van der Waals surface area contributed by atoms with Crippen molar-refractivity contribution in [3.63, 3.8) is 0 Å². The van der Waals surface area contributed by atoms with Gasteiger partial charge in [0.2, 0.25) is 0 Å². The summed E-state index contributed by atoms with van der Waals surface area (Å²) in [6.45, 7) is 7.80. The van der Waals surface area contributed by atoms with Crippen LogP contribution in [0.2, 0.25) is 0 Å². The monoisotopic (exact) mass is 398 g/mol. The van der Waals surface area contributed by atoms with Crippen molar-refractivity contribution in [2.75, 3.05) is 66.1 Å². The first-order chi connectivity index (χ1) is 13.7. The molecule has 0 aliphatic carbocycles. The van der Waals surface area contributed by atoms with E-state index in [9.17, 15) is 9.59 Å². The second-order valence-corrected chi connectivity index (χ2v) is 5.47. The number of esters is 2. The molecule has 0 fully saturated rings. The molecule has 28 heavy (non-hydrogen) atoms. The maximum atomic E-state index is 12.1. The van der Waals surface area contributed by atoms with E-state index in [2.05, 4.69) is 0 Å². The van der Waals surface area contributed by atoms with Gasteiger partial charge in [0.05, 0.1) is 50.8 Å². The number of ether oxygens (including phenoxy) is 6. The Hall–Kier alpha value is -2.00. The molecule has 1 aromatic rings. The van der Waals surface area contributed by atoms with Gasteiger partial charge in [-0.3, -0.25) is 0 Å². The Balaban J connectivity index is 2.27. The Labute approximate surface area is 166 Å². The Kier molecular flexibility index (Phi) is 13.7. The van der Waals surface area contributed by atoms with Gasteiger partial charge in [-0.1, -0.05) is 6.07 Å². The highest BCUT2D eigenvalue weighted by atomic mass is 16.6. The average molecular weight is 398 g/mol. The molecule has 0 aliphatic rings. The van der Waals surface area contributed by atoms with Crippen LogP contribution in [0.25, 0.3) is 0 Å². The third-order valence-corrected chi connectivity index (χ3v) is 3.41. The zero-order chi connectivity index (χ0) is 20.5. The Morgan fingerprint density at radius 2 is 1.04 bits per heavy atom. The van der Waals surface area contributed by atoms with Gasteiger partial charge in [-0.05, 0) is 32.0 Å². The second kappa shape index (κ2) is 16.0. The molecule has 0 spiro atoms. The van der Waals surface area contributed by atoms with Crippen LogP contribution in [0.15, 0.2) is 24.3 Å². The van der Waals surface area contributed by atoms with Crippen LogP contribution < -0.4 is 0 Å². The molecule has 0 unspecified atom stereocenters. The highest BCUT2D eigenvalue weighted by Gasteiger charge is 2.12. The summed E-state index contributed by atoms with van der Waals surface area (Å²) in [5.74, 6) is -1.05. The molecule has 0 saturated carbocycles. The van der Waals surface area contributed by atoms with E-state index >= 15 is 0 Å². The molecule has 0 aromatic heterocycles. The van der Waals surface area contributed by atoms with Crippen LogP contribution in [0, 0.1) is 0 Å². The van der Waals surface area contributed by atoms with Crippen molar-refractivity contribution in [3.05, 3.63) is 35.4 Å². The van der Waals surface area contributed by atoms with Crippen molar-refractivity contribution in [2.45, 2.75) is 13.8 Å². The lowest BCUT2D eigenvalue weighted by Gasteiger charge is -2.08. The fourth-order valence-electron chi connectivity index (χ4n) is 2.05. The van der Waals surface area contributed by atoms with Gasteiger partial charge >= 0.3 is 11.9 Å². The fourth-order valence-corrected chi connectivity index (χ4v) is 2.05. The molecule has 158 valence electrons. The predicted octanol–water partition coefficient (Wildman–Crippen LogP) is 2.11. The molecular formula is C20H30O8. The summed E-state index contributed by atoms with van der Waals surface area (Å²) in [7, 11) is 0. The molecule has 0 N–H and O–H groups in total. The largest absolute Gasteiger partial charge is 0.460 e. The maximum Gasteiger partial charge on any atom is 0.338 e. The zero-order valence-electron chi connectivity index (χ0n) is 16.6. The molecule has 0 radical (unpaired) electrons. The van der Waals surface area contributed by atoms with Crippen molar-refractivity contribution in [3.8, 4) is 0 Å².